The molecule has 0 bridgehead atoms. The molecule has 0 aliphatic rings. The molecule has 0 aliphatic carbocycles. The summed E-state index contributed by atoms with van der Waals surface area (Å²) in [6, 6.07) is 4.73. The van der Waals surface area contributed by atoms with E-state index in [0.29, 0.717) is 13.1 Å². The first-order valence-corrected chi connectivity index (χ1v) is 5.37. The van der Waals surface area contributed by atoms with Gasteiger partial charge >= 0.3 is 0 Å². The van der Waals surface area contributed by atoms with Crippen molar-refractivity contribution in [3.05, 3.63) is 35.1 Å². The molecule has 1 aromatic rings. The summed E-state index contributed by atoms with van der Waals surface area (Å²) in [7, 11) is 1.92. The van der Waals surface area contributed by atoms with Gasteiger partial charge in [-0.3, -0.25) is 4.90 Å². The van der Waals surface area contributed by atoms with Crippen molar-refractivity contribution >= 4 is 0 Å². The number of nitrogens with zero attached hydrogens (tertiary/aromatic N) is 1. The first-order valence-electron chi connectivity index (χ1n) is 5.37. The van der Waals surface area contributed by atoms with Crippen LogP contribution in [0.15, 0.2) is 18.2 Å². The molecule has 0 radical (unpaired) electrons. The van der Waals surface area contributed by atoms with Crippen molar-refractivity contribution in [1.82, 2.24) is 4.90 Å². The van der Waals surface area contributed by atoms with Crippen molar-refractivity contribution in [2.45, 2.75) is 26.1 Å². The Hall–Kier alpha value is -0.970. The number of likely N-dealkylation sites (N-methyl/N-ethyl adjacent to an activating group) is 1. The summed E-state index contributed by atoms with van der Waals surface area (Å²) in [5, 5.41) is 9.03. The highest BCUT2D eigenvalue weighted by atomic mass is 19.1. The third-order valence-electron chi connectivity index (χ3n) is 2.82. The lowest BCUT2D eigenvalue weighted by atomic mass is 10.1. The minimum Gasteiger partial charge on any atom is -0.395 e. The van der Waals surface area contributed by atoms with Crippen molar-refractivity contribution in [3.63, 3.8) is 0 Å². The van der Waals surface area contributed by atoms with E-state index in [1.807, 2.05) is 18.9 Å². The van der Waals surface area contributed by atoms with Crippen molar-refractivity contribution in [1.29, 1.82) is 0 Å². The van der Waals surface area contributed by atoms with Gasteiger partial charge in [0.05, 0.1) is 6.61 Å². The molecule has 0 fully saturated rings. The predicted molar refractivity (Wildman–Crippen MR) is 62.3 cm³/mol. The molecule has 0 aromatic heterocycles. The Balaban J connectivity index is 2.80. The Morgan fingerprint density at radius 1 is 1.44 bits per heavy atom. The van der Waals surface area contributed by atoms with Gasteiger partial charge in [0.15, 0.2) is 0 Å². The Kier molecular flexibility index (Phi) is 4.86. The Labute approximate surface area is 95.7 Å². The number of aliphatic hydroxyl groups excluding tert-OH is 1. The van der Waals surface area contributed by atoms with E-state index < -0.39 is 0 Å². The number of hydrogen-bond acceptors (Lipinski definition) is 3. The Morgan fingerprint density at radius 2 is 2.12 bits per heavy atom. The summed E-state index contributed by atoms with van der Waals surface area (Å²) in [5.41, 5.74) is 7.39. The predicted octanol–water partition coefficient (Wildman–Crippen LogP) is 1.10. The van der Waals surface area contributed by atoms with Crippen molar-refractivity contribution in [3.8, 4) is 0 Å². The molecule has 0 aliphatic heterocycles. The molecule has 1 rings (SSSR count). The van der Waals surface area contributed by atoms with Gasteiger partial charge in [-0.25, -0.2) is 4.39 Å². The number of rotatable bonds is 5. The van der Waals surface area contributed by atoms with E-state index in [1.165, 1.54) is 12.1 Å². The molecule has 3 N–H and O–H groups in total. The second-order valence-electron chi connectivity index (χ2n) is 4.06. The Bertz CT molecular complexity index is 344. The molecule has 0 saturated carbocycles. The lowest BCUT2D eigenvalue weighted by molar-refractivity contribution is 0.153. The number of aliphatic hydroxyl groups is 1. The molecular formula is C12H19FN2O. The zero-order valence-electron chi connectivity index (χ0n) is 9.78. The van der Waals surface area contributed by atoms with Crippen LogP contribution in [-0.2, 0) is 13.1 Å². The number of hydrogen-bond donors (Lipinski definition) is 2. The van der Waals surface area contributed by atoms with E-state index in [2.05, 4.69) is 0 Å². The van der Waals surface area contributed by atoms with Gasteiger partial charge in [-0.15, -0.1) is 0 Å². The molecule has 0 saturated heterocycles. The van der Waals surface area contributed by atoms with Crippen LogP contribution < -0.4 is 5.73 Å². The van der Waals surface area contributed by atoms with Gasteiger partial charge in [-0.2, -0.15) is 0 Å². The first kappa shape index (κ1) is 13.1. The highest BCUT2D eigenvalue weighted by Gasteiger charge is 2.10. The van der Waals surface area contributed by atoms with Gasteiger partial charge in [0, 0.05) is 19.1 Å². The SMILES string of the molecule is CC(CO)N(C)Cc1ccc(F)cc1CN. The fourth-order valence-electron chi connectivity index (χ4n) is 1.50. The molecule has 90 valence electrons. The van der Waals surface area contributed by atoms with Crippen LogP contribution in [0.5, 0.6) is 0 Å². The average molecular weight is 226 g/mol. The van der Waals surface area contributed by atoms with Gasteiger partial charge in [-0.1, -0.05) is 6.07 Å². The van der Waals surface area contributed by atoms with Crippen LogP contribution in [0.1, 0.15) is 18.1 Å². The molecule has 1 aromatic carbocycles. The maximum atomic E-state index is 13.0. The van der Waals surface area contributed by atoms with E-state index in [1.54, 1.807) is 6.07 Å². The summed E-state index contributed by atoms with van der Waals surface area (Å²) in [6.45, 7) is 3.03. The van der Waals surface area contributed by atoms with Crippen LogP contribution in [0, 0.1) is 5.82 Å². The van der Waals surface area contributed by atoms with E-state index in [-0.39, 0.29) is 18.5 Å². The molecule has 3 nitrogen and oxygen atoms in total. The molecule has 1 atom stereocenters. The second kappa shape index (κ2) is 5.94. The summed E-state index contributed by atoms with van der Waals surface area (Å²) in [4.78, 5) is 2.01. The van der Waals surface area contributed by atoms with Gasteiger partial charge in [0.25, 0.3) is 0 Å². The van der Waals surface area contributed by atoms with Gasteiger partial charge < -0.3 is 10.8 Å². The van der Waals surface area contributed by atoms with Crippen LogP contribution in [-0.4, -0.2) is 29.7 Å². The van der Waals surface area contributed by atoms with Crippen LogP contribution in [0.4, 0.5) is 4.39 Å². The summed E-state index contributed by atoms with van der Waals surface area (Å²) < 4.78 is 13.0. The smallest absolute Gasteiger partial charge is 0.123 e. The van der Waals surface area contributed by atoms with Crippen molar-refractivity contribution < 1.29 is 9.50 Å². The molecule has 0 heterocycles. The lowest BCUT2D eigenvalue weighted by Crippen LogP contribution is -2.31. The van der Waals surface area contributed by atoms with Gasteiger partial charge in [0.1, 0.15) is 5.82 Å². The van der Waals surface area contributed by atoms with Gasteiger partial charge in [-0.05, 0) is 37.2 Å². The quantitative estimate of drug-likeness (QED) is 0.790. The topological polar surface area (TPSA) is 49.5 Å². The zero-order chi connectivity index (χ0) is 12.1. The molecular weight excluding hydrogens is 207 g/mol. The standard InChI is InChI=1S/C12H19FN2O/c1-9(8-16)15(2)7-10-3-4-12(13)5-11(10)6-14/h3-5,9,16H,6-8,14H2,1-2H3. The van der Waals surface area contributed by atoms with E-state index in [4.69, 9.17) is 10.8 Å². The monoisotopic (exact) mass is 226 g/mol. The summed E-state index contributed by atoms with van der Waals surface area (Å²) in [6.07, 6.45) is 0. The van der Waals surface area contributed by atoms with Crippen molar-refractivity contribution in [2.24, 2.45) is 5.73 Å². The van der Waals surface area contributed by atoms with Crippen molar-refractivity contribution in [2.75, 3.05) is 13.7 Å². The van der Waals surface area contributed by atoms with E-state index >= 15 is 0 Å². The van der Waals surface area contributed by atoms with Crippen LogP contribution in [0.25, 0.3) is 0 Å². The third kappa shape index (κ3) is 3.27. The number of benzene rings is 1. The average Bonchev–Trinajstić information content (AvgIpc) is 2.30. The van der Waals surface area contributed by atoms with Crippen LogP contribution in [0.3, 0.4) is 0 Å². The highest BCUT2D eigenvalue weighted by Crippen LogP contribution is 2.13. The minimum absolute atomic E-state index is 0.0793. The normalized spacial score (nSPS) is 13.1. The third-order valence-corrected chi connectivity index (χ3v) is 2.82. The molecule has 4 heteroatoms. The van der Waals surface area contributed by atoms with E-state index in [0.717, 1.165) is 11.1 Å². The summed E-state index contributed by atoms with van der Waals surface area (Å²) >= 11 is 0. The number of nitrogens with two attached hydrogens (primary N) is 1. The number of halogens is 1. The summed E-state index contributed by atoms with van der Waals surface area (Å²) in [5.74, 6) is -0.262. The van der Waals surface area contributed by atoms with E-state index in [9.17, 15) is 4.39 Å². The molecule has 0 amide bonds. The maximum Gasteiger partial charge on any atom is 0.123 e. The highest BCUT2D eigenvalue weighted by molar-refractivity contribution is 5.27. The lowest BCUT2D eigenvalue weighted by Gasteiger charge is -2.23. The molecule has 16 heavy (non-hydrogen) atoms. The molecule has 1 unspecified atom stereocenters. The van der Waals surface area contributed by atoms with Gasteiger partial charge in [0.2, 0.25) is 0 Å². The maximum absolute atomic E-state index is 13.0. The minimum atomic E-state index is -0.262. The Morgan fingerprint density at radius 3 is 2.69 bits per heavy atom. The fraction of sp³-hybridized carbons (Fsp3) is 0.500. The molecule has 0 spiro atoms. The fourth-order valence-corrected chi connectivity index (χ4v) is 1.50. The van der Waals surface area contributed by atoms with Crippen LogP contribution >= 0.6 is 0 Å². The zero-order valence-corrected chi connectivity index (χ0v) is 9.78. The largest absolute Gasteiger partial charge is 0.395 e. The first-order chi connectivity index (χ1) is 7.58. The van der Waals surface area contributed by atoms with Crippen LogP contribution in [0.2, 0.25) is 0 Å². The second-order valence-corrected chi connectivity index (χ2v) is 4.06.